The van der Waals surface area contributed by atoms with Crippen LogP contribution in [0.3, 0.4) is 0 Å². The largest absolute Gasteiger partial charge is 0.399 e. The van der Waals surface area contributed by atoms with Gasteiger partial charge in [0.15, 0.2) is 0 Å². The van der Waals surface area contributed by atoms with E-state index in [1.165, 1.54) is 0 Å². The molecule has 2 rings (SSSR count). The van der Waals surface area contributed by atoms with Crippen LogP contribution >= 0.6 is 15.9 Å². The lowest BCUT2D eigenvalue weighted by atomic mass is 10.2. The second-order valence-electron chi connectivity index (χ2n) is 3.98. The molecular formula is C13H13BrN2OS. The molecule has 0 saturated heterocycles. The highest BCUT2D eigenvalue weighted by Gasteiger charge is 2.09. The van der Waals surface area contributed by atoms with Crippen molar-refractivity contribution in [2.24, 2.45) is 0 Å². The summed E-state index contributed by atoms with van der Waals surface area (Å²) >= 11 is 3.32. The maximum atomic E-state index is 12.3. The van der Waals surface area contributed by atoms with Crippen molar-refractivity contribution in [3.05, 3.63) is 52.3 Å². The maximum absolute atomic E-state index is 12.3. The number of benzene rings is 1. The van der Waals surface area contributed by atoms with Gasteiger partial charge in [0, 0.05) is 21.3 Å². The smallest absolute Gasteiger partial charge is 0.0705 e. The molecule has 0 amide bonds. The Labute approximate surface area is 117 Å². The predicted molar refractivity (Wildman–Crippen MR) is 77.6 cm³/mol. The number of nitrogen functional groups attached to an aromatic ring is 1. The molecule has 0 spiro atoms. The van der Waals surface area contributed by atoms with Gasteiger partial charge in [0.25, 0.3) is 0 Å². The zero-order valence-corrected chi connectivity index (χ0v) is 12.3. The van der Waals surface area contributed by atoms with Gasteiger partial charge in [-0.05, 0) is 52.7 Å². The molecule has 1 aromatic heterocycles. The third kappa shape index (κ3) is 3.17. The fourth-order valence-electron chi connectivity index (χ4n) is 1.57. The molecule has 0 aliphatic carbocycles. The number of nitrogens with zero attached hydrogens (tertiary/aromatic N) is 1. The number of aromatic nitrogens is 1. The number of halogens is 1. The molecular weight excluding hydrogens is 312 g/mol. The molecule has 1 heterocycles. The lowest BCUT2D eigenvalue weighted by Gasteiger charge is -2.06. The van der Waals surface area contributed by atoms with E-state index in [1.54, 1.807) is 12.3 Å². The van der Waals surface area contributed by atoms with E-state index in [4.69, 9.17) is 5.73 Å². The first-order valence-corrected chi connectivity index (χ1v) is 7.52. The van der Waals surface area contributed by atoms with E-state index in [0.29, 0.717) is 11.4 Å². The molecule has 1 unspecified atom stereocenters. The molecule has 0 saturated carbocycles. The molecule has 0 bridgehead atoms. The van der Waals surface area contributed by atoms with E-state index in [2.05, 4.69) is 20.9 Å². The molecule has 5 heteroatoms. The van der Waals surface area contributed by atoms with E-state index in [9.17, 15) is 4.21 Å². The summed E-state index contributed by atoms with van der Waals surface area (Å²) in [7, 11) is -1.12. The van der Waals surface area contributed by atoms with E-state index < -0.39 is 10.8 Å². The topological polar surface area (TPSA) is 56.0 Å². The second kappa shape index (κ2) is 5.63. The summed E-state index contributed by atoms with van der Waals surface area (Å²) in [4.78, 5) is 5.00. The number of hydrogen-bond donors (Lipinski definition) is 1. The van der Waals surface area contributed by atoms with Crippen molar-refractivity contribution in [1.82, 2.24) is 4.98 Å². The van der Waals surface area contributed by atoms with E-state index in [-0.39, 0.29) is 0 Å². The third-order valence-electron chi connectivity index (χ3n) is 2.53. The summed E-state index contributed by atoms with van der Waals surface area (Å²) < 4.78 is 13.2. The maximum Gasteiger partial charge on any atom is 0.0705 e. The van der Waals surface area contributed by atoms with Crippen molar-refractivity contribution in [3.63, 3.8) is 0 Å². The minimum Gasteiger partial charge on any atom is -0.399 e. The third-order valence-corrected chi connectivity index (χ3v) is 4.48. The molecule has 0 radical (unpaired) electrons. The molecule has 2 N–H and O–H groups in total. The zero-order chi connectivity index (χ0) is 13.1. The Hall–Kier alpha value is -1.20. The fraction of sp³-hybridized carbons (Fsp3) is 0.154. The molecule has 0 fully saturated rings. The van der Waals surface area contributed by atoms with Gasteiger partial charge in [0.05, 0.1) is 22.2 Å². The van der Waals surface area contributed by atoms with Gasteiger partial charge in [-0.25, -0.2) is 0 Å². The van der Waals surface area contributed by atoms with Crippen LogP contribution < -0.4 is 5.73 Å². The molecule has 18 heavy (non-hydrogen) atoms. The van der Waals surface area contributed by atoms with Gasteiger partial charge in [-0.15, -0.1) is 0 Å². The Morgan fingerprint density at radius 2 is 2.11 bits per heavy atom. The first kappa shape index (κ1) is 13.2. The number of hydrogen-bond acceptors (Lipinski definition) is 3. The Morgan fingerprint density at radius 1 is 1.33 bits per heavy atom. The van der Waals surface area contributed by atoms with Crippen molar-refractivity contribution in [2.75, 3.05) is 5.73 Å². The van der Waals surface area contributed by atoms with Gasteiger partial charge < -0.3 is 5.73 Å². The summed E-state index contributed by atoms with van der Waals surface area (Å²) in [5.41, 5.74) is 8.14. The summed E-state index contributed by atoms with van der Waals surface area (Å²) in [6.07, 6.45) is 1.71. The minimum atomic E-state index is -1.12. The summed E-state index contributed by atoms with van der Waals surface area (Å²) in [6.45, 7) is 1.93. The van der Waals surface area contributed by atoms with Gasteiger partial charge in [-0.3, -0.25) is 9.19 Å². The quantitative estimate of drug-likeness (QED) is 0.883. The number of anilines is 1. The molecule has 2 aromatic rings. The average molecular weight is 325 g/mol. The molecule has 1 atom stereocenters. The zero-order valence-electron chi connectivity index (χ0n) is 9.89. The van der Waals surface area contributed by atoms with Gasteiger partial charge >= 0.3 is 0 Å². The first-order valence-electron chi connectivity index (χ1n) is 5.41. The molecule has 0 aliphatic heterocycles. The Morgan fingerprint density at radius 3 is 2.78 bits per heavy atom. The number of nitrogens with two attached hydrogens (primary N) is 1. The highest BCUT2D eigenvalue weighted by atomic mass is 79.9. The van der Waals surface area contributed by atoms with Gasteiger partial charge in [0.2, 0.25) is 0 Å². The van der Waals surface area contributed by atoms with Gasteiger partial charge in [0.1, 0.15) is 0 Å². The van der Waals surface area contributed by atoms with Crippen LogP contribution in [0, 0.1) is 6.92 Å². The standard InChI is InChI=1S/C13H13BrN2OS/c1-9-2-4-11(15)6-13(9)18(17)8-12-5-3-10(14)7-16-12/h2-7H,8,15H2,1H3. The molecule has 3 nitrogen and oxygen atoms in total. The SMILES string of the molecule is Cc1ccc(N)cc1S(=O)Cc1ccc(Br)cn1. The average Bonchev–Trinajstić information content (AvgIpc) is 2.35. The van der Waals surface area contributed by atoms with E-state index in [1.807, 2.05) is 31.2 Å². The lowest BCUT2D eigenvalue weighted by molar-refractivity contribution is 0.681. The summed E-state index contributed by atoms with van der Waals surface area (Å²) in [5, 5.41) is 0. The van der Waals surface area contributed by atoms with Crippen molar-refractivity contribution in [1.29, 1.82) is 0 Å². The highest BCUT2D eigenvalue weighted by molar-refractivity contribution is 9.10. The van der Waals surface area contributed by atoms with Crippen molar-refractivity contribution >= 4 is 32.4 Å². The Kier molecular flexibility index (Phi) is 4.14. The fourth-order valence-corrected chi connectivity index (χ4v) is 3.09. The normalized spacial score (nSPS) is 12.3. The van der Waals surface area contributed by atoms with Gasteiger partial charge in [-0.2, -0.15) is 0 Å². The predicted octanol–water partition coefficient (Wildman–Crippen LogP) is 3.04. The molecule has 0 aliphatic rings. The Balaban J connectivity index is 2.21. The van der Waals surface area contributed by atoms with Crippen molar-refractivity contribution < 1.29 is 4.21 Å². The van der Waals surface area contributed by atoms with Crippen LogP contribution in [0.1, 0.15) is 11.3 Å². The van der Waals surface area contributed by atoms with Gasteiger partial charge in [-0.1, -0.05) is 6.07 Å². The lowest BCUT2D eigenvalue weighted by Crippen LogP contribution is -2.01. The van der Waals surface area contributed by atoms with Crippen molar-refractivity contribution in [3.8, 4) is 0 Å². The van der Waals surface area contributed by atoms with Crippen LogP contribution in [0.4, 0.5) is 5.69 Å². The number of aryl methyl sites for hydroxylation is 1. The van der Waals surface area contributed by atoms with Crippen LogP contribution in [-0.4, -0.2) is 9.19 Å². The minimum absolute atomic E-state index is 0.400. The van der Waals surface area contributed by atoms with Crippen LogP contribution in [0.15, 0.2) is 45.9 Å². The monoisotopic (exact) mass is 324 g/mol. The molecule has 94 valence electrons. The van der Waals surface area contributed by atoms with Crippen molar-refractivity contribution in [2.45, 2.75) is 17.6 Å². The van der Waals surface area contributed by atoms with Crippen LogP contribution in [0.25, 0.3) is 0 Å². The number of pyridine rings is 1. The van der Waals surface area contributed by atoms with Crippen LogP contribution in [-0.2, 0) is 16.6 Å². The summed E-state index contributed by atoms with van der Waals surface area (Å²) in [5.74, 6) is 0.400. The van der Waals surface area contributed by atoms with Crippen LogP contribution in [0.2, 0.25) is 0 Å². The highest BCUT2D eigenvalue weighted by Crippen LogP contribution is 2.19. The molecule has 1 aromatic carbocycles. The summed E-state index contributed by atoms with van der Waals surface area (Å²) in [6, 6.07) is 9.23. The van der Waals surface area contributed by atoms with E-state index in [0.717, 1.165) is 20.6 Å². The second-order valence-corrected chi connectivity index (χ2v) is 6.32. The van der Waals surface area contributed by atoms with E-state index >= 15 is 0 Å². The van der Waals surface area contributed by atoms with Crippen LogP contribution in [0.5, 0.6) is 0 Å². The first-order chi connectivity index (χ1) is 8.56. The number of rotatable bonds is 3. The Bertz CT molecular complexity index is 584.